The monoisotopic (exact) mass is 216 g/mol. The maximum Gasteiger partial charge on any atom is -0.0193 e. The van der Waals surface area contributed by atoms with Crippen LogP contribution in [-0.2, 0) is 0 Å². The predicted octanol–water partition coefficient (Wildman–Crippen LogP) is 5.29. The summed E-state index contributed by atoms with van der Waals surface area (Å²) in [6.07, 6.45) is 3.59. The van der Waals surface area contributed by atoms with Gasteiger partial charge in [-0.2, -0.15) is 0 Å². The molecule has 0 unspecified atom stereocenters. The van der Waals surface area contributed by atoms with E-state index in [1.54, 1.807) is 11.1 Å². The van der Waals surface area contributed by atoms with Gasteiger partial charge in [0.05, 0.1) is 0 Å². The van der Waals surface area contributed by atoms with Gasteiger partial charge in [-0.3, -0.25) is 0 Å². The molecule has 0 amide bonds. The zero-order chi connectivity index (χ0) is 12.1. The third kappa shape index (κ3) is 2.98. The quantitative estimate of drug-likeness (QED) is 0.641. The number of allylic oxidation sites excluding steroid dienone is 2. The number of rotatable bonds is 4. The Morgan fingerprint density at radius 1 is 1.12 bits per heavy atom. The summed E-state index contributed by atoms with van der Waals surface area (Å²) < 4.78 is 0. The molecule has 88 valence electrons. The van der Waals surface area contributed by atoms with Gasteiger partial charge in [0, 0.05) is 0 Å². The standard InChI is InChI=1S/C16H24/c1-6-8-13(4)15(7-2)16-11-12(3)9-10-14(16)5/h9-11H,6-8H2,1-5H3/b15-13+. The molecule has 0 aliphatic heterocycles. The highest BCUT2D eigenvalue weighted by Gasteiger charge is 2.06. The summed E-state index contributed by atoms with van der Waals surface area (Å²) in [4.78, 5) is 0. The Kier molecular flexibility index (Phi) is 4.79. The van der Waals surface area contributed by atoms with Gasteiger partial charge < -0.3 is 0 Å². The molecule has 0 fully saturated rings. The highest BCUT2D eigenvalue weighted by atomic mass is 14.1. The first-order chi connectivity index (χ1) is 7.60. The van der Waals surface area contributed by atoms with E-state index in [0.29, 0.717) is 0 Å². The number of hydrogen-bond donors (Lipinski definition) is 0. The van der Waals surface area contributed by atoms with E-state index in [1.165, 1.54) is 29.5 Å². The Morgan fingerprint density at radius 2 is 1.81 bits per heavy atom. The Morgan fingerprint density at radius 3 is 2.38 bits per heavy atom. The normalized spacial score (nSPS) is 12.6. The molecule has 0 heteroatoms. The number of hydrogen-bond acceptors (Lipinski definition) is 0. The molecular formula is C16H24. The number of benzene rings is 1. The van der Waals surface area contributed by atoms with Crippen LogP contribution >= 0.6 is 0 Å². The minimum absolute atomic E-state index is 1.14. The molecule has 0 radical (unpaired) electrons. The fourth-order valence-corrected chi connectivity index (χ4v) is 2.31. The summed E-state index contributed by atoms with van der Waals surface area (Å²) in [5, 5.41) is 0. The molecule has 16 heavy (non-hydrogen) atoms. The average molecular weight is 216 g/mol. The van der Waals surface area contributed by atoms with Crippen molar-refractivity contribution in [1.82, 2.24) is 0 Å². The van der Waals surface area contributed by atoms with Crippen molar-refractivity contribution in [2.45, 2.75) is 53.9 Å². The molecule has 0 aliphatic carbocycles. The summed E-state index contributed by atoms with van der Waals surface area (Å²) in [7, 11) is 0. The zero-order valence-corrected chi connectivity index (χ0v) is 11.4. The Hall–Kier alpha value is -1.04. The summed E-state index contributed by atoms with van der Waals surface area (Å²) in [6, 6.07) is 6.76. The molecule has 0 saturated heterocycles. The second-order valence-electron chi connectivity index (χ2n) is 4.68. The third-order valence-corrected chi connectivity index (χ3v) is 3.21. The van der Waals surface area contributed by atoms with Crippen molar-refractivity contribution < 1.29 is 0 Å². The van der Waals surface area contributed by atoms with Gasteiger partial charge >= 0.3 is 0 Å². The molecule has 1 rings (SSSR count). The molecular weight excluding hydrogens is 192 g/mol. The molecule has 1 aromatic rings. The van der Waals surface area contributed by atoms with Crippen molar-refractivity contribution in [2.24, 2.45) is 0 Å². The largest absolute Gasteiger partial charge is 0.0695 e. The van der Waals surface area contributed by atoms with Crippen molar-refractivity contribution in [3.63, 3.8) is 0 Å². The minimum atomic E-state index is 1.14. The van der Waals surface area contributed by atoms with Crippen LogP contribution in [0.3, 0.4) is 0 Å². The first-order valence-electron chi connectivity index (χ1n) is 6.36. The van der Waals surface area contributed by atoms with Gasteiger partial charge in [-0.25, -0.2) is 0 Å². The van der Waals surface area contributed by atoms with Crippen molar-refractivity contribution in [1.29, 1.82) is 0 Å². The molecule has 0 aromatic heterocycles. The van der Waals surface area contributed by atoms with E-state index in [9.17, 15) is 0 Å². The van der Waals surface area contributed by atoms with Crippen molar-refractivity contribution >= 4 is 5.57 Å². The first kappa shape index (κ1) is 13.0. The average Bonchev–Trinajstić information content (AvgIpc) is 2.24. The highest BCUT2D eigenvalue weighted by Crippen LogP contribution is 2.28. The van der Waals surface area contributed by atoms with E-state index in [2.05, 4.69) is 52.8 Å². The van der Waals surface area contributed by atoms with Crippen LogP contribution in [-0.4, -0.2) is 0 Å². The minimum Gasteiger partial charge on any atom is -0.0695 e. The lowest BCUT2D eigenvalue weighted by Gasteiger charge is -2.14. The van der Waals surface area contributed by atoms with Crippen LogP contribution in [0, 0.1) is 13.8 Å². The lowest BCUT2D eigenvalue weighted by Crippen LogP contribution is -1.93. The van der Waals surface area contributed by atoms with Crippen molar-refractivity contribution in [2.75, 3.05) is 0 Å². The molecule has 0 bridgehead atoms. The van der Waals surface area contributed by atoms with E-state index in [-0.39, 0.29) is 0 Å². The van der Waals surface area contributed by atoms with E-state index in [4.69, 9.17) is 0 Å². The Bertz CT molecular complexity index is 383. The maximum absolute atomic E-state index is 2.33. The van der Waals surface area contributed by atoms with Gasteiger partial charge in [-0.1, -0.05) is 49.6 Å². The van der Waals surface area contributed by atoms with Crippen LogP contribution in [0.1, 0.15) is 56.7 Å². The Labute approximate surface area is 100 Å². The van der Waals surface area contributed by atoms with E-state index >= 15 is 0 Å². The third-order valence-electron chi connectivity index (χ3n) is 3.21. The van der Waals surface area contributed by atoms with Crippen LogP contribution in [0.15, 0.2) is 23.8 Å². The second kappa shape index (κ2) is 5.89. The summed E-state index contributed by atoms with van der Waals surface area (Å²) in [5.41, 5.74) is 7.31. The summed E-state index contributed by atoms with van der Waals surface area (Å²) in [5.74, 6) is 0. The zero-order valence-electron chi connectivity index (χ0n) is 11.4. The second-order valence-corrected chi connectivity index (χ2v) is 4.68. The maximum atomic E-state index is 2.33. The lowest BCUT2D eigenvalue weighted by molar-refractivity contribution is 0.901. The van der Waals surface area contributed by atoms with Crippen molar-refractivity contribution in [3.05, 3.63) is 40.5 Å². The molecule has 0 saturated carbocycles. The van der Waals surface area contributed by atoms with Crippen LogP contribution in [0.25, 0.3) is 5.57 Å². The van der Waals surface area contributed by atoms with Gasteiger partial charge in [0.25, 0.3) is 0 Å². The van der Waals surface area contributed by atoms with Crippen LogP contribution in [0.4, 0.5) is 0 Å². The summed E-state index contributed by atoms with van der Waals surface area (Å²) >= 11 is 0. The van der Waals surface area contributed by atoms with Crippen LogP contribution < -0.4 is 0 Å². The smallest absolute Gasteiger partial charge is 0.0193 e. The predicted molar refractivity (Wildman–Crippen MR) is 73.7 cm³/mol. The summed E-state index contributed by atoms with van der Waals surface area (Å²) in [6.45, 7) is 11.2. The van der Waals surface area contributed by atoms with Crippen molar-refractivity contribution in [3.8, 4) is 0 Å². The van der Waals surface area contributed by atoms with Gasteiger partial charge in [0.2, 0.25) is 0 Å². The van der Waals surface area contributed by atoms with Crippen LogP contribution in [0.5, 0.6) is 0 Å². The van der Waals surface area contributed by atoms with Gasteiger partial charge in [-0.15, -0.1) is 0 Å². The lowest BCUT2D eigenvalue weighted by atomic mass is 9.92. The first-order valence-corrected chi connectivity index (χ1v) is 6.36. The van der Waals surface area contributed by atoms with Gasteiger partial charge in [0.15, 0.2) is 0 Å². The Balaban J connectivity index is 3.22. The molecule has 0 N–H and O–H groups in total. The van der Waals surface area contributed by atoms with E-state index in [1.807, 2.05) is 0 Å². The molecule has 0 spiro atoms. The topological polar surface area (TPSA) is 0 Å². The van der Waals surface area contributed by atoms with Crippen LogP contribution in [0.2, 0.25) is 0 Å². The molecule has 0 atom stereocenters. The SMILES string of the molecule is CCC/C(C)=C(\CC)c1cc(C)ccc1C. The highest BCUT2D eigenvalue weighted by molar-refractivity contribution is 5.71. The molecule has 1 aromatic carbocycles. The van der Waals surface area contributed by atoms with E-state index in [0.717, 1.165) is 6.42 Å². The van der Waals surface area contributed by atoms with E-state index < -0.39 is 0 Å². The van der Waals surface area contributed by atoms with Gasteiger partial charge in [0.1, 0.15) is 0 Å². The van der Waals surface area contributed by atoms with Gasteiger partial charge in [-0.05, 0) is 50.3 Å². The fraction of sp³-hybridized carbons (Fsp3) is 0.500. The fourth-order valence-electron chi connectivity index (χ4n) is 2.31. The molecule has 0 nitrogen and oxygen atoms in total. The molecule has 0 heterocycles. The molecule has 0 aliphatic rings. The number of aryl methyl sites for hydroxylation is 2.